The molecule has 0 saturated carbocycles. The van der Waals surface area contributed by atoms with Crippen molar-refractivity contribution < 1.29 is 9.90 Å². The summed E-state index contributed by atoms with van der Waals surface area (Å²) in [5.41, 5.74) is 0.0602. The number of carbonyl (C=O) groups excluding carboxylic acids is 1. The molecule has 1 aliphatic heterocycles. The number of hydrogen-bond acceptors (Lipinski definition) is 4. The Morgan fingerprint density at radius 3 is 2.83 bits per heavy atom. The Morgan fingerprint density at radius 1 is 1.54 bits per heavy atom. The summed E-state index contributed by atoms with van der Waals surface area (Å²) >= 11 is 0. The molecule has 7 heteroatoms. The smallest absolute Gasteiger partial charge is 0.271 e. The second-order valence-electron chi connectivity index (χ2n) is 7.54. The van der Waals surface area contributed by atoms with Gasteiger partial charge in [0.1, 0.15) is 5.69 Å². The van der Waals surface area contributed by atoms with Crippen molar-refractivity contribution in [3.05, 3.63) is 18.0 Å². The summed E-state index contributed by atoms with van der Waals surface area (Å²) in [5.74, 6) is -0.0311. The normalized spacial score (nSPS) is 19.7. The van der Waals surface area contributed by atoms with Gasteiger partial charge in [-0.1, -0.05) is 27.7 Å². The highest BCUT2D eigenvalue weighted by Crippen LogP contribution is 2.25. The number of aromatic nitrogens is 2. The minimum absolute atomic E-state index is 0. The Kier molecular flexibility index (Phi) is 7.70. The zero-order valence-corrected chi connectivity index (χ0v) is 15.9. The molecule has 2 rings (SSSR count). The average molecular weight is 359 g/mol. The molecule has 0 radical (unpaired) electrons. The lowest BCUT2D eigenvalue weighted by Gasteiger charge is -2.33. The third-order valence-electron chi connectivity index (χ3n) is 4.62. The fourth-order valence-electron chi connectivity index (χ4n) is 3.13. The second kappa shape index (κ2) is 8.83. The molecule has 1 aromatic rings. The van der Waals surface area contributed by atoms with Gasteiger partial charge in [-0.15, -0.1) is 12.4 Å². The number of halogens is 1. The predicted octanol–water partition coefficient (Wildman–Crippen LogP) is 2.00. The van der Waals surface area contributed by atoms with E-state index in [2.05, 4.69) is 15.7 Å². The average Bonchev–Trinajstić information content (AvgIpc) is 3.02. The first kappa shape index (κ1) is 20.9. The van der Waals surface area contributed by atoms with Crippen LogP contribution in [0.5, 0.6) is 0 Å². The lowest BCUT2D eigenvalue weighted by atomic mass is 9.80. The molecule has 3 N–H and O–H groups in total. The van der Waals surface area contributed by atoms with E-state index in [9.17, 15) is 9.90 Å². The zero-order chi connectivity index (χ0) is 17.0. The molecular weight excluding hydrogens is 328 g/mol. The van der Waals surface area contributed by atoms with Crippen molar-refractivity contribution in [1.29, 1.82) is 0 Å². The van der Waals surface area contributed by atoms with Gasteiger partial charge in [-0.25, -0.2) is 0 Å². The molecule has 24 heavy (non-hydrogen) atoms. The molecule has 2 atom stereocenters. The van der Waals surface area contributed by atoms with Gasteiger partial charge in [-0.3, -0.25) is 9.48 Å². The Balaban J connectivity index is 0.00000288. The van der Waals surface area contributed by atoms with Crippen LogP contribution in [0.1, 0.15) is 57.1 Å². The molecule has 1 fully saturated rings. The van der Waals surface area contributed by atoms with Gasteiger partial charge < -0.3 is 15.7 Å². The number of aliphatic hydroxyl groups excluding tert-OH is 1. The van der Waals surface area contributed by atoms with Gasteiger partial charge in [-0.2, -0.15) is 5.10 Å². The lowest BCUT2D eigenvalue weighted by molar-refractivity contribution is 0.0138. The van der Waals surface area contributed by atoms with Crippen molar-refractivity contribution in [3.63, 3.8) is 0 Å². The number of amides is 1. The van der Waals surface area contributed by atoms with Crippen molar-refractivity contribution in [2.45, 2.75) is 52.7 Å². The summed E-state index contributed by atoms with van der Waals surface area (Å²) in [7, 11) is 0. The van der Waals surface area contributed by atoms with Crippen LogP contribution in [-0.2, 0) is 0 Å². The number of carbonyl (C=O) groups is 1. The summed E-state index contributed by atoms with van der Waals surface area (Å²) in [6.07, 6.45) is 3.63. The summed E-state index contributed by atoms with van der Waals surface area (Å²) < 4.78 is 1.88. The van der Waals surface area contributed by atoms with Gasteiger partial charge in [0.05, 0.1) is 12.1 Å². The van der Waals surface area contributed by atoms with Gasteiger partial charge >= 0.3 is 0 Å². The third kappa shape index (κ3) is 5.19. The number of hydrogen-bond donors (Lipinski definition) is 3. The summed E-state index contributed by atoms with van der Waals surface area (Å²) in [6.45, 7) is 10.3. The van der Waals surface area contributed by atoms with Gasteiger partial charge in [0.25, 0.3) is 5.91 Å². The predicted molar refractivity (Wildman–Crippen MR) is 97.6 cm³/mol. The molecular formula is C17H31ClN4O2. The molecule has 1 aromatic heterocycles. The van der Waals surface area contributed by atoms with Crippen LogP contribution in [-0.4, -0.2) is 46.5 Å². The fourth-order valence-corrected chi connectivity index (χ4v) is 3.13. The van der Waals surface area contributed by atoms with E-state index < -0.39 is 6.10 Å². The van der Waals surface area contributed by atoms with Crippen molar-refractivity contribution in [1.82, 2.24) is 20.4 Å². The molecule has 0 aromatic carbocycles. The van der Waals surface area contributed by atoms with Gasteiger partial charge in [0.2, 0.25) is 0 Å². The Bertz CT molecular complexity index is 524. The molecule has 0 spiro atoms. The van der Waals surface area contributed by atoms with E-state index >= 15 is 0 Å². The molecule has 2 unspecified atom stereocenters. The van der Waals surface area contributed by atoms with Crippen LogP contribution in [0.2, 0.25) is 0 Å². The van der Waals surface area contributed by atoms with E-state index in [1.54, 1.807) is 6.07 Å². The molecule has 1 aliphatic rings. The highest BCUT2D eigenvalue weighted by atomic mass is 35.5. The van der Waals surface area contributed by atoms with Crippen LogP contribution < -0.4 is 10.6 Å². The van der Waals surface area contributed by atoms with Crippen molar-refractivity contribution in [3.8, 4) is 0 Å². The first-order chi connectivity index (χ1) is 10.8. The zero-order valence-electron chi connectivity index (χ0n) is 15.1. The molecule has 1 amide bonds. The standard InChI is InChI=1S/C17H30N4O2.ClH/c1-12(2)15(22)17(3,4)11-19-16(23)14-7-9-21(20-14)13-6-5-8-18-10-13;/h7,9,12-13,15,18,22H,5-6,8,10-11H2,1-4H3,(H,19,23);1H. The number of nitrogens with one attached hydrogen (secondary N) is 2. The van der Waals surface area contributed by atoms with Crippen LogP contribution in [0.15, 0.2) is 12.3 Å². The maximum atomic E-state index is 12.3. The number of rotatable bonds is 6. The third-order valence-corrected chi connectivity index (χ3v) is 4.62. The lowest BCUT2D eigenvalue weighted by Crippen LogP contribution is -2.43. The Morgan fingerprint density at radius 2 is 2.25 bits per heavy atom. The fraction of sp³-hybridized carbons (Fsp3) is 0.765. The van der Waals surface area contributed by atoms with E-state index in [1.165, 1.54) is 0 Å². The first-order valence-electron chi connectivity index (χ1n) is 8.53. The van der Waals surface area contributed by atoms with E-state index in [4.69, 9.17) is 0 Å². The first-order valence-corrected chi connectivity index (χ1v) is 8.53. The quantitative estimate of drug-likeness (QED) is 0.726. The molecule has 0 bridgehead atoms. The van der Waals surface area contributed by atoms with Crippen LogP contribution in [0.4, 0.5) is 0 Å². The van der Waals surface area contributed by atoms with Gasteiger partial charge in [0.15, 0.2) is 0 Å². The number of aliphatic hydroxyl groups is 1. The van der Waals surface area contributed by atoms with E-state index in [-0.39, 0.29) is 29.6 Å². The largest absolute Gasteiger partial charge is 0.392 e. The van der Waals surface area contributed by atoms with Crippen LogP contribution in [0.25, 0.3) is 0 Å². The molecule has 0 aliphatic carbocycles. The van der Waals surface area contributed by atoms with Crippen molar-refractivity contribution in [2.75, 3.05) is 19.6 Å². The monoisotopic (exact) mass is 358 g/mol. The summed E-state index contributed by atoms with van der Waals surface area (Å²) in [5, 5.41) is 20.9. The minimum atomic E-state index is -0.464. The van der Waals surface area contributed by atoms with Crippen LogP contribution >= 0.6 is 12.4 Å². The molecule has 1 saturated heterocycles. The maximum Gasteiger partial charge on any atom is 0.271 e. The van der Waals surface area contributed by atoms with E-state index in [0.29, 0.717) is 18.3 Å². The van der Waals surface area contributed by atoms with E-state index in [1.807, 2.05) is 38.6 Å². The number of piperidine rings is 1. The molecule has 2 heterocycles. The topological polar surface area (TPSA) is 79.2 Å². The second-order valence-corrected chi connectivity index (χ2v) is 7.54. The Labute approximate surface area is 150 Å². The SMILES string of the molecule is CC(C)C(O)C(C)(C)CNC(=O)c1ccn(C2CCCNC2)n1.Cl. The van der Waals surface area contributed by atoms with E-state index in [0.717, 1.165) is 25.9 Å². The summed E-state index contributed by atoms with van der Waals surface area (Å²) in [6, 6.07) is 2.08. The maximum absolute atomic E-state index is 12.3. The number of nitrogens with zero attached hydrogens (tertiary/aromatic N) is 2. The van der Waals surface area contributed by atoms with Crippen molar-refractivity contribution in [2.24, 2.45) is 11.3 Å². The van der Waals surface area contributed by atoms with Gasteiger partial charge in [0, 0.05) is 24.7 Å². The van der Waals surface area contributed by atoms with Gasteiger partial charge in [-0.05, 0) is 31.4 Å². The minimum Gasteiger partial charge on any atom is -0.392 e. The van der Waals surface area contributed by atoms with Crippen LogP contribution in [0, 0.1) is 11.3 Å². The molecule has 6 nitrogen and oxygen atoms in total. The van der Waals surface area contributed by atoms with Crippen LogP contribution in [0.3, 0.4) is 0 Å². The highest BCUT2D eigenvalue weighted by molar-refractivity contribution is 5.92. The Hall–Kier alpha value is -1.11. The summed E-state index contributed by atoms with van der Waals surface area (Å²) in [4.78, 5) is 12.3. The highest BCUT2D eigenvalue weighted by Gasteiger charge is 2.31. The van der Waals surface area contributed by atoms with Crippen molar-refractivity contribution >= 4 is 18.3 Å². The molecule has 138 valence electrons.